The van der Waals surface area contributed by atoms with Gasteiger partial charge in [-0.05, 0) is 41.5 Å². The lowest BCUT2D eigenvalue weighted by Gasteiger charge is -2.06. The number of carbonyl (C=O) groups excluding carboxylic acids is 1. The smallest absolute Gasteiger partial charge is 0.277 e. The monoisotopic (exact) mass is 422 g/mol. The van der Waals surface area contributed by atoms with E-state index in [2.05, 4.69) is 22.7 Å². The van der Waals surface area contributed by atoms with Gasteiger partial charge in [0.05, 0.1) is 6.21 Å². The summed E-state index contributed by atoms with van der Waals surface area (Å²) in [4.78, 5) is 12.5. The van der Waals surface area contributed by atoms with Crippen LogP contribution in [-0.2, 0) is 13.2 Å². The number of nitrogens with one attached hydrogen (secondary N) is 1. The number of aromatic nitrogens is 1. The first-order chi connectivity index (χ1) is 15.8. The third-order valence-corrected chi connectivity index (χ3v) is 4.84. The summed E-state index contributed by atoms with van der Waals surface area (Å²) >= 11 is 0. The average Bonchev–Trinajstić information content (AvgIpc) is 2.85. The van der Waals surface area contributed by atoms with E-state index in [1.807, 2.05) is 95.8 Å². The molecule has 0 fully saturated rings. The van der Waals surface area contributed by atoms with Crippen molar-refractivity contribution in [2.75, 3.05) is 0 Å². The van der Waals surface area contributed by atoms with Gasteiger partial charge in [0.2, 0.25) is 0 Å². The Morgan fingerprint density at radius 2 is 1.53 bits per heavy atom. The second-order valence-corrected chi connectivity index (χ2v) is 7.29. The van der Waals surface area contributed by atoms with Gasteiger partial charge in [0.1, 0.15) is 17.9 Å². The first kappa shape index (κ1) is 21.0. The van der Waals surface area contributed by atoms with E-state index < -0.39 is 0 Å². The molecule has 3 aromatic carbocycles. The minimum Gasteiger partial charge on any atom is -0.489 e. The van der Waals surface area contributed by atoms with Crippen molar-refractivity contribution in [3.05, 3.63) is 132 Å². The van der Waals surface area contributed by atoms with Crippen LogP contribution in [0.15, 0.2) is 115 Å². The molecule has 0 aliphatic carbocycles. The van der Waals surface area contributed by atoms with Gasteiger partial charge in [-0.3, -0.25) is 4.79 Å². The zero-order chi connectivity index (χ0) is 22.0. The molecular weight excluding hydrogens is 398 g/mol. The molecule has 0 unspecified atom stereocenters. The van der Waals surface area contributed by atoms with Gasteiger partial charge in [-0.1, -0.05) is 60.7 Å². The molecular formula is C27H24N3O2+. The Bertz CT molecular complexity index is 1170. The fraction of sp³-hybridized carbons (Fsp3) is 0.0741. The van der Waals surface area contributed by atoms with Crippen LogP contribution in [0.25, 0.3) is 0 Å². The number of benzene rings is 3. The molecule has 0 radical (unpaired) electrons. The number of carbonyl (C=O) groups is 1. The second-order valence-electron chi connectivity index (χ2n) is 7.29. The third kappa shape index (κ3) is 6.12. The average molecular weight is 423 g/mol. The normalized spacial score (nSPS) is 10.8. The van der Waals surface area contributed by atoms with Gasteiger partial charge in [0.15, 0.2) is 18.9 Å². The van der Waals surface area contributed by atoms with E-state index in [-0.39, 0.29) is 5.91 Å². The standard InChI is InChI=1S/C27H23N3O2/c31-27(25-12-7-17-30(20-25)19-23-8-3-1-4-9-23)29-28-18-22-13-15-26(16-14-22)32-21-24-10-5-2-6-11-24/h1-18,20H,19,21H2/p+1/b28-18-. The largest absolute Gasteiger partial charge is 0.489 e. The zero-order valence-electron chi connectivity index (χ0n) is 17.6. The molecule has 0 aliphatic rings. The molecule has 0 saturated heterocycles. The molecule has 1 N–H and O–H groups in total. The molecule has 4 rings (SSSR count). The van der Waals surface area contributed by atoms with Gasteiger partial charge < -0.3 is 4.74 Å². The maximum absolute atomic E-state index is 12.5. The summed E-state index contributed by atoms with van der Waals surface area (Å²) < 4.78 is 7.76. The van der Waals surface area contributed by atoms with Crippen molar-refractivity contribution in [2.45, 2.75) is 13.2 Å². The van der Waals surface area contributed by atoms with Crippen LogP contribution in [-0.4, -0.2) is 12.1 Å². The molecule has 158 valence electrons. The highest BCUT2D eigenvalue weighted by Crippen LogP contribution is 2.13. The van der Waals surface area contributed by atoms with Crippen LogP contribution in [0.4, 0.5) is 0 Å². The fourth-order valence-corrected chi connectivity index (χ4v) is 3.17. The molecule has 5 heteroatoms. The van der Waals surface area contributed by atoms with Crippen molar-refractivity contribution in [3.63, 3.8) is 0 Å². The predicted molar refractivity (Wildman–Crippen MR) is 124 cm³/mol. The van der Waals surface area contributed by atoms with Gasteiger partial charge in [-0.2, -0.15) is 9.67 Å². The first-order valence-corrected chi connectivity index (χ1v) is 10.4. The van der Waals surface area contributed by atoms with E-state index in [1.165, 1.54) is 5.56 Å². The number of hydrazone groups is 1. The molecule has 1 heterocycles. The molecule has 4 aromatic rings. The Hall–Kier alpha value is -4.25. The third-order valence-electron chi connectivity index (χ3n) is 4.84. The molecule has 0 aliphatic heterocycles. The van der Waals surface area contributed by atoms with Crippen molar-refractivity contribution in [2.24, 2.45) is 5.10 Å². The number of amides is 1. The first-order valence-electron chi connectivity index (χ1n) is 10.4. The van der Waals surface area contributed by atoms with Crippen LogP contribution in [0.2, 0.25) is 0 Å². The molecule has 1 aromatic heterocycles. The SMILES string of the molecule is O=C(N/N=C\c1ccc(OCc2ccccc2)cc1)c1ccc[n+](Cc2ccccc2)c1. The molecule has 0 bridgehead atoms. The van der Waals surface area contributed by atoms with E-state index in [1.54, 1.807) is 12.3 Å². The molecule has 0 spiro atoms. The maximum Gasteiger partial charge on any atom is 0.277 e. The van der Waals surface area contributed by atoms with Gasteiger partial charge in [-0.25, -0.2) is 5.43 Å². The summed E-state index contributed by atoms with van der Waals surface area (Å²) in [5.74, 6) is 0.522. The van der Waals surface area contributed by atoms with E-state index in [9.17, 15) is 4.79 Å². The highest BCUT2D eigenvalue weighted by molar-refractivity contribution is 5.94. The number of hydrogen-bond donors (Lipinski definition) is 1. The number of pyridine rings is 1. The fourth-order valence-electron chi connectivity index (χ4n) is 3.17. The molecule has 5 nitrogen and oxygen atoms in total. The topological polar surface area (TPSA) is 54.6 Å². The van der Waals surface area contributed by atoms with Crippen molar-refractivity contribution in [1.29, 1.82) is 0 Å². The minimum atomic E-state index is -0.258. The lowest BCUT2D eigenvalue weighted by atomic mass is 10.2. The highest BCUT2D eigenvalue weighted by Gasteiger charge is 2.10. The summed E-state index contributed by atoms with van der Waals surface area (Å²) in [6.45, 7) is 1.22. The quantitative estimate of drug-likeness (QED) is 0.261. The molecule has 1 amide bonds. The number of nitrogens with zero attached hydrogens (tertiary/aromatic N) is 2. The summed E-state index contributed by atoms with van der Waals surface area (Å²) in [7, 11) is 0. The van der Waals surface area contributed by atoms with Crippen molar-refractivity contribution >= 4 is 12.1 Å². The van der Waals surface area contributed by atoms with E-state index in [0.717, 1.165) is 16.9 Å². The van der Waals surface area contributed by atoms with Gasteiger partial charge in [0.25, 0.3) is 5.91 Å². The van der Waals surface area contributed by atoms with Crippen LogP contribution in [0.1, 0.15) is 27.0 Å². The van der Waals surface area contributed by atoms with Gasteiger partial charge >= 0.3 is 0 Å². The Morgan fingerprint density at radius 1 is 0.844 bits per heavy atom. The van der Waals surface area contributed by atoms with Crippen molar-refractivity contribution in [1.82, 2.24) is 5.43 Å². The Balaban J connectivity index is 1.30. The van der Waals surface area contributed by atoms with Crippen LogP contribution >= 0.6 is 0 Å². The van der Waals surface area contributed by atoms with E-state index in [4.69, 9.17) is 4.74 Å². The van der Waals surface area contributed by atoms with Crippen LogP contribution in [0, 0.1) is 0 Å². The van der Waals surface area contributed by atoms with Crippen LogP contribution < -0.4 is 14.7 Å². The van der Waals surface area contributed by atoms with Gasteiger partial charge in [-0.15, -0.1) is 0 Å². The van der Waals surface area contributed by atoms with Gasteiger partial charge in [0, 0.05) is 11.6 Å². The Morgan fingerprint density at radius 3 is 2.25 bits per heavy atom. The summed E-state index contributed by atoms with van der Waals surface area (Å²) in [5, 5.41) is 4.08. The van der Waals surface area contributed by atoms with E-state index >= 15 is 0 Å². The predicted octanol–water partition coefficient (Wildman–Crippen LogP) is 4.37. The Labute approximate surface area is 187 Å². The van der Waals surface area contributed by atoms with E-state index in [0.29, 0.717) is 18.7 Å². The number of rotatable bonds is 8. The van der Waals surface area contributed by atoms with Crippen molar-refractivity contribution in [3.8, 4) is 5.75 Å². The van der Waals surface area contributed by atoms with Crippen molar-refractivity contribution < 1.29 is 14.1 Å². The van der Waals surface area contributed by atoms with Crippen LogP contribution in [0.5, 0.6) is 5.75 Å². The highest BCUT2D eigenvalue weighted by atomic mass is 16.5. The minimum absolute atomic E-state index is 0.258. The molecule has 0 saturated carbocycles. The molecule has 0 atom stereocenters. The summed E-state index contributed by atoms with van der Waals surface area (Å²) in [5.41, 5.74) is 6.29. The zero-order valence-corrected chi connectivity index (χ0v) is 17.6. The second kappa shape index (κ2) is 10.7. The lowest BCUT2D eigenvalue weighted by Crippen LogP contribution is -2.35. The lowest BCUT2D eigenvalue weighted by molar-refractivity contribution is -0.688. The number of ether oxygens (including phenoxy) is 1. The Kier molecular flexibility index (Phi) is 7.01. The number of hydrogen-bond acceptors (Lipinski definition) is 3. The molecule has 32 heavy (non-hydrogen) atoms. The summed E-state index contributed by atoms with van der Waals surface area (Å²) in [6, 6.07) is 31.3. The maximum atomic E-state index is 12.5. The summed E-state index contributed by atoms with van der Waals surface area (Å²) in [6.07, 6.45) is 5.37. The van der Waals surface area contributed by atoms with Crippen LogP contribution in [0.3, 0.4) is 0 Å².